The second kappa shape index (κ2) is 13.5. The van der Waals surface area contributed by atoms with E-state index in [0.717, 1.165) is 12.4 Å². The number of nitrogens with one attached hydrogen (secondary N) is 1. The number of nitrogens with zero attached hydrogens (tertiary/aromatic N) is 6. The number of aromatic nitrogens is 6. The number of ether oxygens (including phenoxy) is 4. The van der Waals surface area contributed by atoms with Crippen molar-refractivity contribution in [2.75, 3.05) is 45.9 Å². The van der Waals surface area contributed by atoms with Crippen molar-refractivity contribution in [3.63, 3.8) is 0 Å². The van der Waals surface area contributed by atoms with E-state index in [1.807, 2.05) is 6.92 Å². The summed E-state index contributed by atoms with van der Waals surface area (Å²) >= 11 is 0. The van der Waals surface area contributed by atoms with Gasteiger partial charge in [-0.1, -0.05) is 13.0 Å². The van der Waals surface area contributed by atoms with Crippen LogP contribution in [0.2, 0.25) is 0 Å². The van der Waals surface area contributed by atoms with Crippen LogP contribution in [0.15, 0.2) is 30.6 Å². The first-order valence-corrected chi connectivity index (χ1v) is 13.3. The Kier molecular flexibility index (Phi) is 10.4. The fraction of sp³-hybridized carbons (Fsp3) is 0.522. The monoisotopic (exact) mass is 553 g/mol. The van der Waals surface area contributed by atoms with Crippen LogP contribution < -0.4 is 9.46 Å². The Balaban J connectivity index is 2.03. The number of rotatable bonds is 15. The van der Waals surface area contributed by atoms with Crippen LogP contribution in [0.4, 0.5) is 10.3 Å². The highest BCUT2D eigenvalue weighted by Crippen LogP contribution is 2.29. The predicted octanol–water partition coefficient (Wildman–Crippen LogP) is 2.41. The van der Waals surface area contributed by atoms with Crippen LogP contribution in [0.25, 0.3) is 11.5 Å². The summed E-state index contributed by atoms with van der Waals surface area (Å²) in [6.45, 7) is 3.90. The lowest BCUT2D eigenvalue weighted by molar-refractivity contribution is 0.0465. The van der Waals surface area contributed by atoms with E-state index >= 15 is 0 Å². The van der Waals surface area contributed by atoms with Crippen LogP contribution in [-0.4, -0.2) is 84.5 Å². The van der Waals surface area contributed by atoms with Gasteiger partial charge in [-0.3, -0.25) is 9.29 Å². The van der Waals surface area contributed by atoms with Crippen molar-refractivity contribution in [1.82, 2.24) is 29.7 Å². The Hall–Kier alpha value is -3.27. The topological polar surface area (TPSA) is 152 Å². The van der Waals surface area contributed by atoms with Gasteiger partial charge in [-0.05, 0) is 19.4 Å². The van der Waals surface area contributed by atoms with Crippen molar-refractivity contribution in [3.8, 4) is 17.4 Å². The first-order chi connectivity index (χ1) is 18.2. The van der Waals surface area contributed by atoms with Gasteiger partial charge in [0.25, 0.3) is 0 Å². The minimum absolute atomic E-state index is 0.0390. The molecule has 0 aliphatic rings. The normalized spacial score (nSPS) is 13.4. The van der Waals surface area contributed by atoms with Gasteiger partial charge < -0.3 is 18.9 Å². The molecule has 0 spiro atoms. The van der Waals surface area contributed by atoms with Gasteiger partial charge in [0.2, 0.25) is 21.9 Å². The fourth-order valence-electron chi connectivity index (χ4n) is 3.63. The Morgan fingerprint density at radius 2 is 1.76 bits per heavy atom. The van der Waals surface area contributed by atoms with Crippen LogP contribution in [0.1, 0.15) is 38.2 Å². The molecule has 0 aliphatic carbocycles. The third kappa shape index (κ3) is 6.98. The molecule has 3 aromatic heterocycles. The van der Waals surface area contributed by atoms with Crippen LogP contribution in [0.3, 0.4) is 0 Å². The molecule has 0 saturated carbocycles. The summed E-state index contributed by atoms with van der Waals surface area (Å²) in [4.78, 5) is 12.3. The number of hydrogen-bond donors (Lipinski definition) is 1. The summed E-state index contributed by atoms with van der Waals surface area (Å²) in [5.41, 5.74) is 0.399. The summed E-state index contributed by atoms with van der Waals surface area (Å²) < 4.78 is 66.4. The van der Waals surface area contributed by atoms with Crippen LogP contribution >= 0.6 is 0 Å². The highest BCUT2D eigenvalue weighted by molar-refractivity contribution is 7.93. The highest BCUT2D eigenvalue weighted by atomic mass is 32.2. The zero-order valence-corrected chi connectivity index (χ0v) is 22.7. The number of methoxy groups -OCH3 is 3. The lowest BCUT2D eigenvalue weighted by atomic mass is 10.2. The van der Waals surface area contributed by atoms with E-state index in [1.54, 1.807) is 22.8 Å². The Morgan fingerprint density at radius 3 is 2.37 bits per heavy atom. The molecule has 2 atom stereocenters. The molecule has 0 saturated heterocycles. The maximum absolute atomic E-state index is 13.6. The summed E-state index contributed by atoms with van der Waals surface area (Å²) in [7, 11) is 0.346. The molecule has 0 fully saturated rings. The summed E-state index contributed by atoms with van der Waals surface area (Å²) in [6.07, 6.45) is 1.47. The van der Waals surface area contributed by atoms with E-state index in [9.17, 15) is 12.8 Å². The first kappa shape index (κ1) is 29.3. The lowest BCUT2D eigenvalue weighted by Gasteiger charge is -2.25. The van der Waals surface area contributed by atoms with Crippen molar-refractivity contribution in [2.45, 2.75) is 37.7 Å². The maximum atomic E-state index is 13.6. The number of pyridine rings is 1. The zero-order chi connectivity index (χ0) is 27.7. The standard InChI is InChI=1S/C23H32FN7O6S/c1-6-10-37-20(21-25-11-16(24)12-26-21)15(2)38(32,33)30-23-29-28-22(18-8-7-9-19(27-18)36-5)31(23)17(13-34-3)14-35-4/h7-9,11-12,15,17,20H,6,10,13-14H2,1-5H3,(H,29,30)/t15-,20+/m0/s1. The minimum Gasteiger partial charge on any atom is -0.481 e. The highest BCUT2D eigenvalue weighted by Gasteiger charge is 2.35. The average Bonchev–Trinajstić information content (AvgIpc) is 3.32. The smallest absolute Gasteiger partial charge is 0.240 e. The third-order valence-corrected chi connectivity index (χ3v) is 7.18. The summed E-state index contributed by atoms with van der Waals surface area (Å²) in [5.74, 6) is -0.0697. The Bertz CT molecular complexity index is 1270. The van der Waals surface area contributed by atoms with E-state index in [4.69, 9.17) is 18.9 Å². The van der Waals surface area contributed by atoms with Gasteiger partial charge in [0.05, 0.1) is 38.8 Å². The molecule has 0 radical (unpaired) electrons. The largest absolute Gasteiger partial charge is 0.481 e. The van der Waals surface area contributed by atoms with E-state index < -0.39 is 33.2 Å². The molecule has 0 aliphatic heterocycles. The second-order valence-corrected chi connectivity index (χ2v) is 10.3. The molecule has 38 heavy (non-hydrogen) atoms. The molecule has 0 unspecified atom stereocenters. The number of anilines is 1. The number of sulfonamides is 1. The molecule has 3 aromatic rings. The van der Waals surface area contributed by atoms with Gasteiger partial charge in [-0.15, -0.1) is 10.2 Å². The van der Waals surface area contributed by atoms with Crippen molar-refractivity contribution in [1.29, 1.82) is 0 Å². The molecule has 208 valence electrons. The molecule has 0 bridgehead atoms. The van der Waals surface area contributed by atoms with Gasteiger partial charge in [-0.25, -0.2) is 27.8 Å². The molecular formula is C23H32FN7O6S. The molecule has 3 rings (SSSR count). The van der Waals surface area contributed by atoms with E-state index in [1.165, 1.54) is 28.3 Å². The summed E-state index contributed by atoms with van der Waals surface area (Å²) in [6, 6.07) is 4.59. The first-order valence-electron chi connectivity index (χ1n) is 11.8. The fourth-order valence-corrected chi connectivity index (χ4v) is 4.74. The lowest BCUT2D eigenvalue weighted by Crippen LogP contribution is -2.35. The van der Waals surface area contributed by atoms with E-state index in [-0.39, 0.29) is 37.4 Å². The Morgan fingerprint density at radius 1 is 1.08 bits per heavy atom. The maximum Gasteiger partial charge on any atom is 0.240 e. The van der Waals surface area contributed by atoms with Gasteiger partial charge in [0, 0.05) is 26.9 Å². The van der Waals surface area contributed by atoms with Crippen molar-refractivity contribution in [3.05, 3.63) is 42.2 Å². The van der Waals surface area contributed by atoms with E-state index in [0.29, 0.717) is 18.0 Å². The Labute approximate surface area is 220 Å². The molecule has 0 amide bonds. The van der Waals surface area contributed by atoms with Crippen LogP contribution in [0.5, 0.6) is 5.88 Å². The van der Waals surface area contributed by atoms with Crippen molar-refractivity contribution in [2.24, 2.45) is 0 Å². The quantitative estimate of drug-likeness (QED) is 0.295. The molecule has 1 N–H and O–H groups in total. The predicted molar refractivity (Wildman–Crippen MR) is 136 cm³/mol. The van der Waals surface area contributed by atoms with Crippen molar-refractivity contribution >= 4 is 16.0 Å². The zero-order valence-electron chi connectivity index (χ0n) is 21.9. The van der Waals surface area contributed by atoms with Gasteiger partial charge in [-0.2, -0.15) is 0 Å². The molecule has 0 aromatic carbocycles. The van der Waals surface area contributed by atoms with E-state index in [2.05, 4.69) is 29.9 Å². The molecule has 3 heterocycles. The van der Waals surface area contributed by atoms with Crippen molar-refractivity contribution < 1.29 is 31.8 Å². The van der Waals surface area contributed by atoms with Gasteiger partial charge in [0.15, 0.2) is 17.5 Å². The third-order valence-electron chi connectivity index (χ3n) is 5.49. The average molecular weight is 554 g/mol. The number of hydrogen-bond acceptors (Lipinski definition) is 11. The molecular weight excluding hydrogens is 521 g/mol. The second-order valence-electron chi connectivity index (χ2n) is 8.25. The van der Waals surface area contributed by atoms with Gasteiger partial charge >= 0.3 is 0 Å². The van der Waals surface area contributed by atoms with Crippen LogP contribution in [-0.2, 0) is 24.2 Å². The number of halogens is 1. The van der Waals surface area contributed by atoms with Gasteiger partial charge in [0.1, 0.15) is 17.0 Å². The van der Waals surface area contributed by atoms with Crippen LogP contribution in [0, 0.1) is 5.82 Å². The molecule has 13 nitrogen and oxygen atoms in total. The molecule has 15 heteroatoms. The minimum atomic E-state index is -4.17. The summed E-state index contributed by atoms with van der Waals surface area (Å²) in [5, 5.41) is 7.14. The SMILES string of the molecule is CCCO[C@@H](c1ncc(F)cn1)[C@H](C)S(=O)(=O)Nc1nnc(-c2cccc(OC)n2)n1C(COC)COC.